The van der Waals surface area contributed by atoms with Crippen molar-refractivity contribution >= 4 is 28.9 Å². The molecule has 0 radical (unpaired) electrons. The number of carbonyl (C=O) groups is 1. The Hall–Kier alpha value is -2.20. The predicted octanol–water partition coefficient (Wildman–Crippen LogP) is 4.12. The molecule has 5 heteroatoms. The van der Waals surface area contributed by atoms with E-state index in [0.717, 1.165) is 16.9 Å². The van der Waals surface area contributed by atoms with Crippen LogP contribution in [0.4, 0.5) is 11.4 Å². The fourth-order valence-electron chi connectivity index (χ4n) is 2.35. The van der Waals surface area contributed by atoms with Crippen molar-refractivity contribution in [2.45, 2.75) is 13.8 Å². The quantitative estimate of drug-likeness (QED) is 0.865. The molecule has 2 aromatic rings. The van der Waals surface area contributed by atoms with E-state index in [0.29, 0.717) is 17.3 Å². The fourth-order valence-corrected chi connectivity index (χ4v) is 2.50. The Morgan fingerprint density at radius 1 is 1.26 bits per heavy atom. The van der Waals surface area contributed by atoms with Crippen molar-refractivity contribution < 1.29 is 9.53 Å². The minimum atomic E-state index is -0.00615. The summed E-state index contributed by atoms with van der Waals surface area (Å²) in [4.78, 5) is 14.2. The van der Waals surface area contributed by atoms with E-state index in [1.807, 2.05) is 50.2 Å². The van der Waals surface area contributed by atoms with Gasteiger partial charge in [-0.2, -0.15) is 0 Å². The Morgan fingerprint density at radius 2 is 1.96 bits per heavy atom. The summed E-state index contributed by atoms with van der Waals surface area (Å²) in [5, 5.41) is 3.78. The zero-order valence-corrected chi connectivity index (χ0v) is 14.4. The number of benzene rings is 2. The van der Waals surface area contributed by atoms with Gasteiger partial charge in [0, 0.05) is 23.3 Å². The van der Waals surface area contributed by atoms with Gasteiger partial charge in [-0.05, 0) is 37.6 Å². The molecule has 0 saturated heterocycles. The molecule has 1 amide bonds. The van der Waals surface area contributed by atoms with E-state index in [1.165, 1.54) is 0 Å². The number of carbonyl (C=O) groups excluding carboxylic acids is 1. The van der Waals surface area contributed by atoms with E-state index < -0.39 is 0 Å². The maximum Gasteiger partial charge on any atom is 0.246 e. The summed E-state index contributed by atoms with van der Waals surface area (Å²) in [5.74, 6) is 0.615. The standard InChI is InChI=1S/C18H21ClN2O2/c1-4-21(14-8-6-5-7-9-14)18(22)12-20-16-10-13(2)15(19)11-17(16)23-3/h5-11,20H,4,12H2,1-3H3. The maximum absolute atomic E-state index is 12.5. The SMILES string of the molecule is CCN(C(=O)CNc1cc(C)c(Cl)cc1OC)c1ccccc1. The number of amides is 1. The summed E-state index contributed by atoms with van der Waals surface area (Å²) in [6.45, 7) is 4.66. The lowest BCUT2D eigenvalue weighted by Gasteiger charge is -2.22. The molecule has 0 aliphatic heterocycles. The molecule has 0 aromatic heterocycles. The Balaban J connectivity index is 2.11. The van der Waals surface area contributed by atoms with E-state index in [1.54, 1.807) is 18.1 Å². The monoisotopic (exact) mass is 332 g/mol. The fraction of sp³-hybridized carbons (Fsp3) is 0.278. The first kappa shape index (κ1) is 17.2. The van der Waals surface area contributed by atoms with Crippen LogP contribution in [0, 0.1) is 6.92 Å². The number of likely N-dealkylation sites (N-methyl/N-ethyl adjacent to an activating group) is 1. The Labute approximate surface area is 142 Å². The highest BCUT2D eigenvalue weighted by Crippen LogP contribution is 2.30. The van der Waals surface area contributed by atoms with Gasteiger partial charge in [-0.25, -0.2) is 0 Å². The first-order chi connectivity index (χ1) is 11.1. The number of nitrogens with zero attached hydrogens (tertiary/aromatic N) is 1. The molecule has 2 rings (SSSR count). The van der Waals surface area contributed by atoms with Gasteiger partial charge in [0.15, 0.2) is 0 Å². The van der Waals surface area contributed by atoms with Crippen LogP contribution < -0.4 is 15.0 Å². The molecule has 23 heavy (non-hydrogen) atoms. The number of nitrogens with one attached hydrogen (secondary N) is 1. The third-order valence-electron chi connectivity index (χ3n) is 3.60. The zero-order chi connectivity index (χ0) is 16.8. The van der Waals surface area contributed by atoms with Crippen LogP contribution >= 0.6 is 11.6 Å². The molecule has 0 atom stereocenters. The van der Waals surface area contributed by atoms with Crippen LogP contribution in [0.2, 0.25) is 5.02 Å². The van der Waals surface area contributed by atoms with Gasteiger partial charge in [0.2, 0.25) is 5.91 Å². The number of hydrogen-bond donors (Lipinski definition) is 1. The minimum absolute atomic E-state index is 0.00615. The van der Waals surface area contributed by atoms with E-state index >= 15 is 0 Å². The molecule has 0 bridgehead atoms. The lowest BCUT2D eigenvalue weighted by molar-refractivity contribution is -0.116. The van der Waals surface area contributed by atoms with Crippen molar-refractivity contribution in [2.24, 2.45) is 0 Å². The average molecular weight is 333 g/mol. The van der Waals surface area contributed by atoms with Gasteiger partial charge in [-0.15, -0.1) is 0 Å². The highest BCUT2D eigenvalue weighted by molar-refractivity contribution is 6.31. The van der Waals surface area contributed by atoms with E-state index in [2.05, 4.69) is 5.32 Å². The van der Waals surface area contributed by atoms with E-state index in [9.17, 15) is 4.79 Å². The zero-order valence-electron chi connectivity index (χ0n) is 13.6. The highest BCUT2D eigenvalue weighted by atomic mass is 35.5. The Bertz CT molecular complexity index is 674. The van der Waals surface area contributed by atoms with Crippen LogP contribution in [0.3, 0.4) is 0 Å². The molecule has 0 aliphatic rings. The molecule has 0 saturated carbocycles. The Morgan fingerprint density at radius 3 is 2.57 bits per heavy atom. The van der Waals surface area contributed by atoms with Crippen molar-refractivity contribution in [3.8, 4) is 5.75 Å². The molecule has 0 aliphatic carbocycles. The predicted molar refractivity (Wildman–Crippen MR) is 95.7 cm³/mol. The molecule has 0 unspecified atom stereocenters. The van der Waals surface area contributed by atoms with Crippen molar-refractivity contribution in [2.75, 3.05) is 30.4 Å². The summed E-state index contributed by atoms with van der Waals surface area (Å²) in [7, 11) is 1.58. The van der Waals surface area contributed by atoms with Crippen LogP contribution in [0.1, 0.15) is 12.5 Å². The number of aryl methyl sites for hydroxylation is 1. The Kier molecular flexibility index (Phi) is 5.88. The number of methoxy groups -OCH3 is 1. The average Bonchev–Trinajstić information content (AvgIpc) is 2.57. The normalized spacial score (nSPS) is 10.3. The van der Waals surface area contributed by atoms with Crippen LogP contribution in [-0.4, -0.2) is 26.1 Å². The topological polar surface area (TPSA) is 41.6 Å². The number of para-hydroxylation sites is 1. The molecule has 4 nitrogen and oxygen atoms in total. The van der Waals surface area contributed by atoms with Gasteiger partial charge in [0.1, 0.15) is 5.75 Å². The third kappa shape index (κ3) is 4.17. The maximum atomic E-state index is 12.5. The second-order valence-corrected chi connectivity index (χ2v) is 5.54. The van der Waals surface area contributed by atoms with Gasteiger partial charge < -0.3 is 15.0 Å². The summed E-state index contributed by atoms with van der Waals surface area (Å²) in [5.41, 5.74) is 2.57. The molecular weight excluding hydrogens is 312 g/mol. The third-order valence-corrected chi connectivity index (χ3v) is 4.00. The van der Waals surface area contributed by atoms with Gasteiger partial charge in [0.25, 0.3) is 0 Å². The van der Waals surface area contributed by atoms with Gasteiger partial charge in [-0.3, -0.25) is 4.79 Å². The summed E-state index contributed by atoms with van der Waals surface area (Å²) < 4.78 is 5.31. The second-order valence-electron chi connectivity index (χ2n) is 5.13. The minimum Gasteiger partial charge on any atom is -0.495 e. The molecular formula is C18H21ClN2O2. The molecule has 1 N–H and O–H groups in total. The van der Waals surface area contributed by atoms with Gasteiger partial charge in [-0.1, -0.05) is 29.8 Å². The number of halogens is 1. The number of rotatable bonds is 6. The molecule has 122 valence electrons. The molecule has 2 aromatic carbocycles. The van der Waals surface area contributed by atoms with Crippen LogP contribution in [0.25, 0.3) is 0 Å². The van der Waals surface area contributed by atoms with Crippen LogP contribution in [0.15, 0.2) is 42.5 Å². The van der Waals surface area contributed by atoms with E-state index in [4.69, 9.17) is 16.3 Å². The van der Waals surface area contributed by atoms with Crippen LogP contribution in [-0.2, 0) is 4.79 Å². The van der Waals surface area contributed by atoms with Crippen LogP contribution in [0.5, 0.6) is 5.75 Å². The van der Waals surface area contributed by atoms with E-state index in [-0.39, 0.29) is 12.5 Å². The first-order valence-corrected chi connectivity index (χ1v) is 7.88. The van der Waals surface area contributed by atoms with Gasteiger partial charge >= 0.3 is 0 Å². The summed E-state index contributed by atoms with van der Waals surface area (Å²) in [6, 6.07) is 13.3. The van der Waals surface area contributed by atoms with Crippen molar-refractivity contribution in [1.82, 2.24) is 0 Å². The number of anilines is 2. The number of ether oxygens (including phenoxy) is 1. The van der Waals surface area contributed by atoms with Crippen molar-refractivity contribution in [1.29, 1.82) is 0 Å². The largest absolute Gasteiger partial charge is 0.495 e. The lowest BCUT2D eigenvalue weighted by Crippen LogP contribution is -2.35. The van der Waals surface area contributed by atoms with Crippen molar-refractivity contribution in [3.63, 3.8) is 0 Å². The summed E-state index contributed by atoms with van der Waals surface area (Å²) >= 11 is 6.10. The highest BCUT2D eigenvalue weighted by Gasteiger charge is 2.14. The molecule has 0 fully saturated rings. The molecule has 0 heterocycles. The summed E-state index contributed by atoms with van der Waals surface area (Å²) in [6.07, 6.45) is 0. The van der Waals surface area contributed by atoms with Gasteiger partial charge in [0.05, 0.1) is 19.3 Å². The molecule has 0 spiro atoms. The first-order valence-electron chi connectivity index (χ1n) is 7.50. The number of hydrogen-bond acceptors (Lipinski definition) is 3. The van der Waals surface area contributed by atoms with Crippen molar-refractivity contribution in [3.05, 3.63) is 53.1 Å². The lowest BCUT2D eigenvalue weighted by atomic mass is 10.2. The smallest absolute Gasteiger partial charge is 0.246 e. The second kappa shape index (κ2) is 7.88.